The molecule has 0 spiro atoms. The Hall–Kier alpha value is -2.24. The standard InChI is InChI=1S/C20H22FNO3/c1-14-2-3-16(12-19(14)21)20(22,13-23)15-4-6-17(7-5-15)25-18-8-10-24-11-9-18/h2-7,12-13,18H,8-11,22H2,1H3. The Balaban J connectivity index is 1.82. The van der Waals surface area contributed by atoms with Crippen molar-refractivity contribution in [2.45, 2.75) is 31.4 Å². The SMILES string of the molecule is Cc1ccc(C(N)(C=O)c2ccc(OC3CCOCC3)cc2)cc1F. The van der Waals surface area contributed by atoms with E-state index in [9.17, 15) is 9.18 Å². The number of aryl methyl sites for hydroxylation is 1. The molecule has 2 aromatic rings. The summed E-state index contributed by atoms with van der Waals surface area (Å²) in [6.45, 7) is 3.08. The van der Waals surface area contributed by atoms with Crippen LogP contribution >= 0.6 is 0 Å². The van der Waals surface area contributed by atoms with Gasteiger partial charge in [0, 0.05) is 12.8 Å². The van der Waals surface area contributed by atoms with Crippen LogP contribution < -0.4 is 10.5 Å². The van der Waals surface area contributed by atoms with Crippen molar-refractivity contribution in [2.24, 2.45) is 5.73 Å². The minimum absolute atomic E-state index is 0.138. The van der Waals surface area contributed by atoms with Crippen LogP contribution in [-0.4, -0.2) is 25.6 Å². The summed E-state index contributed by atoms with van der Waals surface area (Å²) < 4.78 is 25.1. The fraction of sp³-hybridized carbons (Fsp3) is 0.350. The van der Waals surface area contributed by atoms with Crippen LogP contribution in [0.3, 0.4) is 0 Å². The van der Waals surface area contributed by atoms with Crippen LogP contribution in [0.1, 0.15) is 29.5 Å². The topological polar surface area (TPSA) is 61.6 Å². The Morgan fingerprint density at radius 1 is 1.16 bits per heavy atom. The molecule has 1 fully saturated rings. The van der Waals surface area contributed by atoms with Crippen molar-refractivity contribution in [3.63, 3.8) is 0 Å². The van der Waals surface area contributed by atoms with Crippen molar-refractivity contribution in [1.82, 2.24) is 0 Å². The molecule has 1 saturated heterocycles. The quantitative estimate of drug-likeness (QED) is 0.848. The van der Waals surface area contributed by atoms with Gasteiger partial charge in [-0.1, -0.05) is 24.3 Å². The molecule has 0 amide bonds. The van der Waals surface area contributed by atoms with E-state index in [4.69, 9.17) is 15.2 Å². The highest BCUT2D eigenvalue weighted by Crippen LogP contribution is 2.28. The molecular formula is C20H22FNO3. The molecule has 4 nitrogen and oxygen atoms in total. The summed E-state index contributed by atoms with van der Waals surface area (Å²) in [6, 6.07) is 11.7. The first kappa shape index (κ1) is 17.6. The molecule has 3 rings (SSSR count). The van der Waals surface area contributed by atoms with Crippen molar-refractivity contribution in [3.8, 4) is 5.75 Å². The van der Waals surface area contributed by atoms with Crippen LogP contribution in [0.25, 0.3) is 0 Å². The summed E-state index contributed by atoms with van der Waals surface area (Å²) in [5.41, 5.74) is 6.42. The highest BCUT2D eigenvalue weighted by atomic mass is 19.1. The van der Waals surface area contributed by atoms with Crippen LogP contribution in [0.2, 0.25) is 0 Å². The molecule has 2 aromatic carbocycles. The van der Waals surface area contributed by atoms with Gasteiger partial charge in [0.2, 0.25) is 0 Å². The van der Waals surface area contributed by atoms with Crippen molar-refractivity contribution in [2.75, 3.05) is 13.2 Å². The highest BCUT2D eigenvalue weighted by molar-refractivity contribution is 5.74. The van der Waals surface area contributed by atoms with Crippen molar-refractivity contribution < 1.29 is 18.7 Å². The zero-order valence-electron chi connectivity index (χ0n) is 14.2. The molecule has 0 saturated carbocycles. The largest absolute Gasteiger partial charge is 0.490 e. The van der Waals surface area contributed by atoms with E-state index in [1.165, 1.54) is 6.07 Å². The number of halogens is 1. The molecule has 132 valence electrons. The maximum atomic E-state index is 13.9. The van der Waals surface area contributed by atoms with E-state index in [2.05, 4.69) is 0 Å². The van der Waals surface area contributed by atoms with Gasteiger partial charge < -0.3 is 20.0 Å². The molecule has 1 atom stereocenters. The number of nitrogens with two attached hydrogens (primary N) is 1. The third-order valence-electron chi connectivity index (χ3n) is 4.64. The van der Waals surface area contributed by atoms with Gasteiger partial charge in [0.25, 0.3) is 0 Å². The molecule has 1 unspecified atom stereocenters. The molecule has 1 aliphatic rings. The predicted octanol–water partition coefficient (Wildman–Crippen LogP) is 3.09. The lowest BCUT2D eigenvalue weighted by molar-refractivity contribution is -0.111. The highest BCUT2D eigenvalue weighted by Gasteiger charge is 2.30. The Labute approximate surface area is 146 Å². The van der Waals surface area contributed by atoms with E-state index in [1.807, 2.05) is 0 Å². The van der Waals surface area contributed by atoms with Crippen molar-refractivity contribution in [3.05, 3.63) is 65.0 Å². The second kappa shape index (κ2) is 7.33. The van der Waals surface area contributed by atoms with E-state index >= 15 is 0 Å². The monoisotopic (exact) mass is 343 g/mol. The summed E-state index contributed by atoms with van der Waals surface area (Å²) in [7, 11) is 0. The second-order valence-electron chi connectivity index (χ2n) is 6.40. The number of ether oxygens (including phenoxy) is 2. The van der Waals surface area contributed by atoms with Crippen molar-refractivity contribution in [1.29, 1.82) is 0 Å². The Bertz CT molecular complexity index is 741. The predicted molar refractivity (Wildman–Crippen MR) is 93.1 cm³/mol. The zero-order valence-corrected chi connectivity index (χ0v) is 14.2. The fourth-order valence-corrected chi connectivity index (χ4v) is 2.95. The average Bonchev–Trinajstić information content (AvgIpc) is 2.65. The molecule has 0 radical (unpaired) electrons. The van der Waals surface area contributed by atoms with Gasteiger partial charge in [0.1, 0.15) is 29.5 Å². The molecular weight excluding hydrogens is 321 g/mol. The summed E-state index contributed by atoms with van der Waals surface area (Å²) in [4.78, 5) is 11.7. The third kappa shape index (κ3) is 3.72. The molecule has 0 bridgehead atoms. The molecule has 5 heteroatoms. The first-order valence-corrected chi connectivity index (χ1v) is 8.40. The summed E-state index contributed by atoms with van der Waals surface area (Å²) in [5.74, 6) is 0.340. The van der Waals surface area contributed by atoms with Crippen molar-refractivity contribution >= 4 is 6.29 Å². The average molecular weight is 343 g/mol. The molecule has 1 heterocycles. The Morgan fingerprint density at radius 3 is 2.40 bits per heavy atom. The molecule has 25 heavy (non-hydrogen) atoms. The van der Waals surface area contributed by atoms with Gasteiger partial charge in [-0.25, -0.2) is 4.39 Å². The minimum atomic E-state index is -1.40. The summed E-state index contributed by atoms with van der Waals surface area (Å²) in [5, 5.41) is 0. The summed E-state index contributed by atoms with van der Waals surface area (Å²) in [6.07, 6.45) is 2.50. The number of carbonyl (C=O) groups excluding carboxylic acids is 1. The van der Waals surface area contributed by atoms with E-state index in [1.54, 1.807) is 43.3 Å². The van der Waals surface area contributed by atoms with Crippen LogP contribution in [0.15, 0.2) is 42.5 Å². The van der Waals surface area contributed by atoms with E-state index in [-0.39, 0.29) is 11.9 Å². The normalized spacial score (nSPS) is 17.7. The molecule has 1 aliphatic heterocycles. The van der Waals surface area contributed by atoms with Crippen LogP contribution in [0, 0.1) is 12.7 Å². The van der Waals surface area contributed by atoms with Gasteiger partial charge in [0.05, 0.1) is 13.2 Å². The van der Waals surface area contributed by atoms with E-state index < -0.39 is 5.54 Å². The first-order valence-electron chi connectivity index (χ1n) is 8.40. The van der Waals surface area contributed by atoms with Gasteiger partial charge in [-0.3, -0.25) is 0 Å². The number of hydrogen-bond donors (Lipinski definition) is 1. The number of rotatable bonds is 5. The molecule has 0 aromatic heterocycles. The second-order valence-corrected chi connectivity index (χ2v) is 6.40. The minimum Gasteiger partial charge on any atom is -0.490 e. The number of benzene rings is 2. The smallest absolute Gasteiger partial charge is 0.148 e. The van der Waals surface area contributed by atoms with Gasteiger partial charge in [0.15, 0.2) is 0 Å². The maximum absolute atomic E-state index is 13.9. The van der Waals surface area contributed by atoms with Gasteiger partial charge in [-0.2, -0.15) is 0 Å². The van der Waals surface area contributed by atoms with Crippen LogP contribution in [-0.2, 0) is 15.1 Å². The lowest BCUT2D eigenvalue weighted by Crippen LogP contribution is -2.39. The Morgan fingerprint density at radius 2 is 1.80 bits per heavy atom. The third-order valence-corrected chi connectivity index (χ3v) is 4.64. The number of hydrogen-bond acceptors (Lipinski definition) is 4. The molecule has 2 N–H and O–H groups in total. The van der Waals surface area contributed by atoms with Gasteiger partial charge >= 0.3 is 0 Å². The zero-order chi connectivity index (χ0) is 17.9. The summed E-state index contributed by atoms with van der Waals surface area (Å²) >= 11 is 0. The van der Waals surface area contributed by atoms with Gasteiger partial charge in [-0.05, 0) is 41.8 Å². The first-order chi connectivity index (χ1) is 12.0. The van der Waals surface area contributed by atoms with E-state index in [0.29, 0.717) is 36.2 Å². The van der Waals surface area contributed by atoms with Gasteiger partial charge in [-0.15, -0.1) is 0 Å². The Kier molecular flexibility index (Phi) is 5.16. The maximum Gasteiger partial charge on any atom is 0.148 e. The van der Waals surface area contributed by atoms with Crippen LogP contribution in [0.4, 0.5) is 4.39 Å². The fourth-order valence-electron chi connectivity index (χ4n) is 2.95. The molecule has 0 aliphatic carbocycles. The lowest BCUT2D eigenvalue weighted by atomic mass is 9.84. The number of aldehydes is 1. The van der Waals surface area contributed by atoms with Crippen LogP contribution in [0.5, 0.6) is 5.75 Å². The van der Waals surface area contributed by atoms with E-state index in [0.717, 1.165) is 18.6 Å². The lowest BCUT2D eigenvalue weighted by Gasteiger charge is -2.26. The number of carbonyl (C=O) groups is 1.